The number of fused-ring (bicyclic) bond motifs is 6. The third kappa shape index (κ3) is 4.56. The molecule has 0 aliphatic rings. The molecule has 10 rings (SSSR count). The van der Waals surface area contributed by atoms with Crippen molar-refractivity contribution < 1.29 is 4.42 Å². The van der Waals surface area contributed by atoms with E-state index in [1.54, 1.807) is 0 Å². The minimum atomic E-state index is 0.848. The molecule has 0 atom stereocenters. The van der Waals surface area contributed by atoms with Gasteiger partial charge in [0.15, 0.2) is 0 Å². The zero-order valence-electron chi connectivity index (χ0n) is 27.1. The number of hydrogen-bond acceptors (Lipinski definition) is 2. The van der Waals surface area contributed by atoms with Crippen molar-refractivity contribution >= 4 is 43.7 Å². The lowest BCUT2D eigenvalue weighted by atomic mass is 9.95. The molecule has 0 unspecified atom stereocenters. The molecule has 0 fully saturated rings. The molecular weight excluding hydrogens is 609 g/mol. The molecule has 0 saturated heterocycles. The maximum absolute atomic E-state index is 6.54. The van der Waals surface area contributed by atoms with Crippen LogP contribution in [0.5, 0.6) is 0 Å². The zero-order valence-corrected chi connectivity index (χ0v) is 27.1. The summed E-state index contributed by atoms with van der Waals surface area (Å²) in [6, 6.07) is 64.3. The quantitative estimate of drug-likeness (QED) is 0.188. The fraction of sp³-hybridized carbons (Fsp3) is 0. The molecule has 3 aromatic heterocycles. The maximum Gasteiger partial charge on any atom is 0.144 e. The number of benzene rings is 7. The second-order valence-electron chi connectivity index (χ2n) is 12.7. The normalized spacial score (nSPS) is 11.6. The second kappa shape index (κ2) is 11.5. The predicted octanol–water partition coefficient (Wildman–Crippen LogP) is 12.7. The van der Waals surface area contributed by atoms with E-state index >= 15 is 0 Å². The molecule has 10 aromatic rings. The van der Waals surface area contributed by atoms with Gasteiger partial charge >= 0.3 is 0 Å². The Bertz CT molecular complexity index is 2860. The summed E-state index contributed by atoms with van der Waals surface area (Å²) in [6.45, 7) is 0. The molecule has 0 aliphatic heterocycles. The van der Waals surface area contributed by atoms with E-state index in [2.05, 4.69) is 174 Å². The van der Waals surface area contributed by atoms with Crippen molar-refractivity contribution in [2.45, 2.75) is 0 Å². The van der Waals surface area contributed by atoms with Gasteiger partial charge in [-0.3, -0.25) is 0 Å². The largest absolute Gasteiger partial charge is 0.455 e. The molecule has 50 heavy (non-hydrogen) atoms. The molecule has 0 N–H and O–H groups in total. The predicted molar refractivity (Wildman–Crippen MR) is 208 cm³/mol. The van der Waals surface area contributed by atoms with E-state index in [4.69, 9.17) is 9.40 Å². The first kappa shape index (κ1) is 28.3. The van der Waals surface area contributed by atoms with Gasteiger partial charge in [-0.15, -0.1) is 0 Å². The third-order valence-electron chi connectivity index (χ3n) is 9.79. The lowest BCUT2D eigenvalue weighted by molar-refractivity contribution is 0.670. The molecule has 3 heteroatoms. The molecule has 0 spiro atoms. The summed E-state index contributed by atoms with van der Waals surface area (Å²) in [5.74, 6) is 0. The summed E-state index contributed by atoms with van der Waals surface area (Å²) in [7, 11) is 0. The minimum Gasteiger partial charge on any atom is -0.455 e. The average molecular weight is 639 g/mol. The molecule has 3 nitrogen and oxygen atoms in total. The average Bonchev–Trinajstić information content (AvgIpc) is 3.75. The van der Waals surface area contributed by atoms with Crippen LogP contribution in [0.3, 0.4) is 0 Å². The number of rotatable bonds is 5. The highest BCUT2D eigenvalue weighted by molar-refractivity contribution is 6.16. The SMILES string of the molecule is c1ccc(-c2cccc(-c3cc(-c4cccc5c4c4ccccc4n5-c4ccccc4)cc(-c4cccc5c4oc4ccccc45)n3)c2)cc1. The fourth-order valence-corrected chi connectivity index (χ4v) is 7.52. The highest BCUT2D eigenvalue weighted by Gasteiger charge is 2.19. The molecular formula is C47H30N2O. The maximum atomic E-state index is 6.54. The second-order valence-corrected chi connectivity index (χ2v) is 12.7. The van der Waals surface area contributed by atoms with E-state index < -0.39 is 0 Å². The van der Waals surface area contributed by atoms with Gasteiger partial charge in [0.05, 0.1) is 22.4 Å². The van der Waals surface area contributed by atoms with Crippen molar-refractivity contribution in [1.82, 2.24) is 9.55 Å². The molecule has 3 heterocycles. The van der Waals surface area contributed by atoms with Gasteiger partial charge in [0.1, 0.15) is 11.2 Å². The van der Waals surface area contributed by atoms with Gasteiger partial charge in [-0.25, -0.2) is 4.98 Å². The number of furan rings is 1. The number of pyridine rings is 1. The Labute approximate surface area is 289 Å². The number of para-hydroxylation sites is 4. The van der Waals surface area contributed by atoms with Crippen LogP contribution in [0.25, 0.3) is 94.2 Å². The summed E-state index contributed by atoms with van der Waals surface area (Å²) in [5.41, 5.74) is 13.6. The Kier molecular flexibility index (Phi) is 6.49. The van der Waals surface area contributed by atoms with Crippen LogP contribution < -0.4 is 0 Å². The molecule has 0 amide bonds. The number of nitrogens with zero attached hydrogens (tertiary/aromatic N) is 2. The van der Waals surface area contributed by atoms with E-state index in [0.29, 0.717) is 0 Å². The number of aromatic nitrogens is 2. The summed E-state index contributed by atoms with van der Waals surface area (Å²) in [4.78, 5) is 5.38. The van der Waals surface area contributed by atoms with Crippen LogP contribution >= 0.6 is 0 Å². The van der Waals surface area contributed by atoms with Gasteiger partial charge in [0.2, 0.25) is 0 Å². The van der Waals surface area contributed by atoms with Gasteiger partial charge in [-0.1, -0.05) is 127 Å². The van der Waals surface area contributed by atoms with Gasteiger partial charge in [0.25, 0.3) is 0 Å². The summed E-state index contributed by atoms with van der Waals surface area (Å²) in [6.07, 6.45) is 0. The first-order valence-electron chi connectivity index (χ1n) is 17.0. The van der Waals surface area contributed by atoms with Crippen LogP contribution in [0.15, 0.2) is 186 Å². The summed E-state index contributed by atoms with van der Waals surface area (Å²) < 4.78 is 8.91. The van der Waals surface area contributed by atoms with Gasteiger partial charge in [-0.05, 0) is 76.9 Å². The summed E-state index contributed by atoms with van der Waals surface area (Å²) >= 11 is 0. The fourth-order valence-electron chi connectivity index (χ4n) is 7.52. The van der Waals surface area contributed by atoms with Crippen molar-refractivity contribution in [2.75, 3.05) is 0 Å². The highest BCUT2D eigenvalue weighted by atomic mass is 16.3. The molecule has 0 bridgehead atoms. The first-order valence-corrected chi connectivity index (χ1v) is 17.0. The van der Waals surface area contributed by atoms with E-state index in [1.165, 1.54) is 27.4 Å². The Hall–Kier alpha value is -6.71. The van der Waals surface area contributed by atoms with E-state index in [-0.39, 0.29) is 0 Å². The highest BCUT2D eigenvalue weighted by Crippen LogP contribution is 2.42. The van der Waals surface area contributed by atoms with Crippen LogP contribution in [-0.2, 0) is 0 Å². The Morgan fingerprint density at radius 2 is 1.02 bits per heavy atom. The van der Waals surface area contributed by atoms with Crippen molar-refractivity contribution in [3.63, 3.8) is 0 Å². The minimum absolute atomic E-state index is 0.848. The standard InChI is InChI=1S/C47H30N2O/c1-3-14-31(15-4-1)32-16-11-17-33(28-32)41-29-34(30-42(48-41)39-24-12-23-38-37-20-8-10-27-45(37)50-47(38)39)36-22-13-26-44-46(36)40-21-7-9-25-43(40)49(44)35-18-5-2-6-19-35/h1-30H. The van der Waals surface area contributed by atoms with Crippen molar-refractivity contribution in [2.24, 2.45) is 0 Å². The van der Waals surface area contributed by atoms with Crippen molar-refractivity contribution in [3.05, 3.63) is 182 Å². The van der Waals surface area contributed by atoms with Gasteiger partial charge in [0, 0.05) is 38.4 Å². The zero-order chi connectivity index (χ0) is 33.0. The van der Waals surface area contributed by atoms with Crippen molar-refractivity contribution in [3.8, 4) is 50.5 Å². The third-order valence-corrected chi connectivity index (χ3v) is 9.79. The van der Waals surface area contributed by atoms with Gasteiger partial charge in [-0.2, -0.15) is 0 Å². The Balaban J connectivity index is 1.26. The lowest BCUT2D eigenvalue weighted by Gasteiger charge is -2.13. The van der Waals surface area contributed by atoms with E-state index in [0.717, 1.165) is 66.8 Å². The summed E-state index contributed by atoms with van der Waals surface area (Å²) in [5, 5.41) is 4.63. The number of hydrogen-bond donors (Lipinski definition) is 0. The molecule has 0 radical (unpaired) electrons. The van der Waals surface area contributed by atoms with Crippen LogP contribution in [0.1, 0.15) is 0 Å². The Morgan fingerprint density at radius 1 is 0.400 bits per heavy atom. The van der Waals surface area contributed by atoms with Crippen LogP contribution in [-0.4, -0.2) is 9.55 Å². The smallest absolute Gasteiger partial charge is 0.144 e. The first-order chi connectivity index (χ1) is 24.8. The van der Waals surface area contributed by atoms with E-state index in [9.17, 15) is 0 Å². The van der Waals surface area contributed by atoms with Crippen LogP contribution in [0.4, 0.5) is 0 Å². The molecule has 0 aliphatic carbocycles. The Morgan fingerprint density at radius 3 is 1.90 bits per heavy atom. The molecule has 234 valence electrons. The van der Waals surface area contributed by atoms with Crippen LogP contribution in [0.2, 0.25) is 0 Å². The molecule has 7 aromatic carbocycles. The van der Waals surface area contributed by atoms with Gasteiger partial charge < -0.3 is 8.98 Å². The topological polar surface area (TPSA) is 31.0 Å². The van der Waals surface area contributed by atoms with Crippen molar-refractivity contribution in [1.29, 1.82) is 0 Å². The van der Waals surface area contributed by atoms with Crippen LogP contribution in [0, 0.1) is 0 Å². The monoisotopic (exact) mass is 638 g/mol. The molecule has 0 saturated carbocycles. The van der Waals surface area contributed by atoms with E-state index in [1.807, 2.05) is 12.1 Å². The lowest BCUT2D eigenvalue weighted by Crippen LogP contribution is -1.94.